The Labute approximate surface area is 123 Å². The summed E-state index contributed by atoms with van der Waals surface area (Å²) in [7, 11) is 0. The Bertz CT molecular complexity index is 726. The van der Waals surface area contributed by atoms with E-state index < -0.39 is 5.97 Å². The second-order valence-electron chi connectivity index (χ2n) is 5.78. The van der Waals surface area contributed by atoms with E-state index in [1.165, 1.54) is 11.0 Å². The molecule has 4 heteroatoms. The fourth-order valence-corrected chi connectivity index (χ4v) is 3.35. The van der Waals surface area contributed by atoms with Crippen molar-refractivity contribution in [3.8, 4) is 0 Å². The van der Waals surface area contributed by atoms with E-state index in [1.54, 1.807) is 0 Å². The van der Waals surface area contributed by atoms with Gasteiger partial charge in [0, 0.05) is 5.56 Å². The molecule has 0 unspecified atom stereocenters. The van der Waals surface area contributed by atoms with Crippen LogP contribution in [0.1, 0.15) is 43.6 Å². The first-order chi connectivity index (χ1) is 10.2. The summed E-state index contributed by atoms with van der Waals surface area (Å²) in [6.07, 6.45) is 5.58. The van der Waals surface area contributed by atoms with Gasteiger partial charge in [0.15, 0.2) is 0 Å². The number of aromatic nitrogens is 1. The minimum Gasteiger partial charge on any atom is -0.480 e. The van der Waals surface area contributed by atoms with Crippen LogP contribution in [0.15, 0.2) is 35.1 Å². The Morgan fingerprint density at radius 1 is 1.19 bits per heavy atom. The standard InChI is InChI=1S/C17H19NO3/c19-16(20)11-18-15-9-5-4-8-13(15)10-14(17(18)21)12-6-2-1-3-7-12/h4-5,8-10,12H,1-3,6-7,11H2,(H,19,20). The summed E-state index contributed by atoms with van der Waals surface area (Å²) >= 11 is 0. The van der Waals surface area contributed by atoms with Crippen molar-refractivity contribution in [1.29, 1.82) is 0 Å². The molecule has 1 aromatic carbocycles. The van der Waals surface area contributed by atoms with Crippen molar-refractivity contribution in [2.75, 3.05) is 0 Å². The normalized spacial score (nSPS) is 16.2. The molecule has 0 aliphatic heterocycles. The highest BCUT2D eigenvalue weighted by Crippen LogP contribution is 2.32. The Morgan fingerprint density at radius 3 is 2.62 bits per heavy atom. The number of carbonyl (C=O) groups is 1. The van der Waals surface area contributed by atoms with E-state index in [9.17, 15) is 9.59 Å². The van der Waals surface area contributed by atoms with Crippen LogP contribution in [0.25, 0.3) is 10.9 Å². The fourth-order valence-electron chi connectivity index (χ4n) is 3.35. The zero-order chi connectivity index (χ0) is 14.8. The first-order valence-corrected chi connectivity index (χ1v) is 7.51. The lowest BCUT2D eigenvalue weighted by Crippen LogP contribution is -2.29. The van der Waals surface area contributed by atoms with E-state index in [1.807, 2.05) is 30.3 Å². The van der Waals surface area contributed by atoms with Gasteiger partial charge in [0.05, 0.1) is 5.52 Å². The summed E-state index contributed by atoms with van der Waals surface area (Å²) in [5, 5.41) is 10.0. The smallest absolute Gasteiger partial charge is 0.323 e. The van der Waals surface area contributed by atoms with Crippen LogP contribution in [0.3, 0.4) is 0 Å². The molecule has 0 amide bonds. The molecule has 1 heterocycles. The molecule has 0 radical (unpaired) electrons. The van der Waals surface area contributed by atoms with Gasteiger partial charge in [-0.25, -0.2) is 0 Å². The van der Waals surface area contributed by atoms with Crippen LogP contribution in [-0.4, -0.2) is 15.6 Å². The summed E-state index contributed by atoms with van der Waals surface area (Å²) in [6.45, 7) is -0.278. The molecule has 3 rings (SSSR count). The number of carboxylic acids is 1. The Hall–Kier alpha value is -2.10. The predicted octanol–water partition coefficient (Wildman–Crippen LogP) is 3.13. The molecule has 1 fully saturated rings. The van der Waals surface area contributed by atoms with Crippen molar-refractivity contribution in [3.05, 3.63) is 46.2 Å². The first-order valence-electron chi connectivity index (χ1n) is 7.51. The highest BCUT2D eigenvalue weighted by molar-refractivity contribution is 5.81. The number of para-hydroxylation sites is 1. The average molecular weight is 285 g/mol. The summed E-state index contributed by atoms with van der Waals surface area (Å²) in [5.41, 5.74) is 1.35. The molecule has 1 N–H and O–H groups in total. The number of hydrogen-bond acceptors (Lipinski definition) is 2. The van der Waals surface area contributed by atoms with Gasteiger partial charge in [-0.1, -0.05) is 37.5 Å². The second kappa shape index (κ2) is 5.72. The van der Waals surface area contributed by atoms with Crippen molar-refractivity contribution in [3.63, 3.8) is 0 Å². The zero-order valence-electron chi connectivity index (χ0n) is 11.9. The van der Waals surface area contributed by atoms with Crippen molar-refractivity contribution in [1.82, 2.24) is 4.57 Å². The molecule has 4 nitrogen and oxygen atoms in total. The fraction of sp³-hybridized carbons (Fsp3) is 0.412. The lowest BCUT2D eigenvalue weighted by atomic mass is 9.84. The van der Waals surface area contributed by atoms with Crippen molar-refractivity contribution >= 4 is 16.9 Å². The van der Waals surface area contributed by atoms with Gasteiger partial charge < -0.3 is 5.11 Å². The number of rotatable bonds is 3. The maximum atomic E-state index is 12.7. The van der Waals surface area contributed by atoms with Gasteiger partial charge in [-0.3, -0.25) is 14.2 Å². The average Bonchev–Trinajstić information content (AvgIpc) is 2.50. The lowest BCUT2D eigenvalue weighted by molar-refractivity contribution is -0.137. The largest absolute Gasteiger partial charge is 0.480 e. The summed E-state index contributed by atoms with van der Waals surface area (Å²) in [4.78, 5) is 23.8. The molecule has 110 valence electrons. The summed E-state index contributed by atoms with van der Waals surface area (Å²) in [5.74, 6) is -0.709. The number of fused-ring (bicyclic) bond motifs is 1. The topological polar surface area (TPSA) is 59.3 Å². The third kappa shape index (κ3) is 2.71. The van der Waals surface area contributed by atoms with Crippen LogP contribution in [0.4, 0.5) is 0 Å². The number of carboxylic acid groups (broad SMARTS) is 1. The molecule has 1 aromatic heterocycles. The maximum Gasteiger partial charge on any atom is 0.323 e. The van der Waals surface area contributed by atoms with Crippen LogP contribution in [0.5, 0.6) is 0 Å². The van der Waals surface area contributed by atoms with E-state index in [0.29, 0.717) is 5.52 Å². The van der Waals surface area contributed by atoms with Crippen LogP contribution in [0.2, 0.25) is 0 Å². The molecule has 2 aromatic rings. The number of aliphatic carboxylic acids is 1. The third-order valence-electron chi connectivity index (χ3n) is 4.37. The van der Waals surface area contributed by atoms with E-state index in [0.717, 1.165) is 36.6 Å². The van der Waals surface area contributed by atoms with E-state index >= 15 is 0 Å². The van der Waals surface area contributed by atoms with Crippen LogP contribution in [0, 0.1) is 0 Å². The number of benzene rings is 1. The van der Waals surface area contributed by atoms with Crippen LogP contribution < -0.4 is 5.56 Å². The molecule has 0 atom stereocenters. The Morgan fingerprint density at radius 2 is 1.90 bits per heavy atom. The molecule has 0 bridgehead atoms. The molecule has 0 spiro atoms. The quantitative estimate of drug-likeness (QED) is 0.942. The monoisotopic (exact) mass is 285 g/mol. The van der Waals surface area contributed by atoms with Gasteiger partial charge in [0.25, 0.3) is 5.56 Å². The van der Waals surface area contributed by atoms with E-state index in [4.69, 9.17) is 5.11 Å². The molecular formula is C17H19NO3. The van der Waals surface area contributed by atoms with E-state index in [2.05, 4.69) is 0 Å². The predicted molar refractivity (Wildman–Crippen MR) is 81.7 cm³/mol. The van der Waals surface area contributed by atoms with Crippen molar-refractivity contribution in [2.24, 2.45) is 0 Å². The highest BCUT2D eigenvalue weighted by Gasteiger charge is 2.21. The van der Waals surface area contributed by atoms with Gasteiger partial charge in [-0.15, -0.1) is 0 Å². The maximum absolute atomic E-state index is 12.7. The van der Waals surface area contributed by atoms with Gasteiger partial charge >= 0.3 is 5.97 Å². The molecular weight excluding hydrogens is 266 g/mol. The summed E-state index contributed by atoms with van der Waals surface area (Å²) in [6, 6.07) is 9.47. The number of hydrogen-bond donors (Lipinski definition) is 1. The number of pyridine rings is 1. The lowest BCUT2D eigenvalue weighted by Gasteiger charge is -2.22. The SMILES string of the molecule is O=C(O)Cn1c(=O)c(C2CCCCC2)cc2ccccc21. The minimum absolute atomic E-state index is 0.136. The number of nitrogens with zero attached hydrogens (tertiary/aromatic N) is 1. The Balaban J connectivity index is 2.18. The van der Waals surface area contributed by atoms with Gasteiger partial charge in [-0.05, 0) is 36.3 Å². The third-order valence-corrected chi connectivity index (χ3v) is 4.37. The highest BCUT2D eigenvalue weighted by atomic mass is 16.4. The molecule has 1 aliphatic carbocycles. The van der Waals surface area contributed by atoms with Gasteiger partial charge in [0.2, 0.25) is 0 Å². The molecule has 1 aliphatic rings. The van der Waals surface area contributed by atoms with Crippen LogP contribution >= 0.6 is 0 Å². The van der Waals surface area contributed by atoms with Crippen molar-refractivity contribution < 1.29 is 9.90 Å². The second-order valence-corrected chi connectivity index (χ2v) is 5.78. The molecule has 0 saturated heterocycles. The van der Waals surface area contributed by atoms with Crippen LogP contribution in [-0.2, 0) is 11.3 Å². The minimum atomic E-state index is -0.983. The summed E-state index contributed by atoms with van der Waals surface area (Å²) < 4.78 is 1.40. The van der Waals surface area contributed by atoms with E-state index in [-0.39, 0.29) is 18.0 Å². The molecule has 21 heavy (non-hydrogen) atoms. The van der Waals surface area contributed by atoms with Gasteiger partial charge in [-0.2, -0.15) is 0 Å². The molecule has 1 saturated carbocycles. The van der Waals surface area contributed by atoms with Gasteiger partial charge in [0.1, 0.15) is 6.54 Å². The first kappa shape index (κ1) is 13.9. The Kier molecular flexibility index (Phi) is 3.78. The zero-order valence-corrected chi connectivity index (χ0v) is 11.9. The van der Waals surface area contributed by atoms with Crippen molar-refractivity contribution in [2.45, 2.75) is 44.6 Å².